The molecular formula is C23H23N3O4. The number of nitrogens with zero attached hydrogens (tertiary/aromatic N) is 1. The lowest BCUT2D eigenvalue weighted by atomic mass is 10.0. The highest BCUT2D eigenvalue weighted by molar-refractivity contribution is 6.06. The molecule has 0 unspecified atom stereocenters. The van der Waals surface area contributed by atoms with Crippen LogP contribution >= 0.6 is 0 Å². The Morgan fingerprint density at radius 1 is 1.07 bits per heavy atom. The Morgan fingerprint density at radius 2 is 1.83 bits per heavy atom. The van der Waals surface area contributed by atoms with E-state index in [1.807, 2.05) is 38.1 Å². The van der Waals surface area contributed by atoms with Gasteiger partial charge in [0.25, 0.3) is 11.8 Å². The van der Waals surface area contributed by atoms with Crippen LogP contribution in [0.3, 0.4) is 0 Å². The third kappa shape index (κ3) is 4.46. The van der Waals surface area contributed by atoms with E-state index in [1.54, 1.807) is 24.3 Å². The second-order valence-electron chi connectivity index (χ2n) is 6.71. The first kappa shape index (κ1) is 21.0. The molecule has 3 aromatic rings. The zero-order valence-corrected chi connectivity index (χ0v) is 17.1. The molecule has 7 nitrogen and oxygen atoms in total. The molecule has 0 spiro atoms. The lowest BCUT2D eigenvalue weighted by molar-refractivity contribution is -0.119. The molecule has 1 heterocycles. The average Bonchev–Trinajstić information content (AvgIpc) is 2.76. The van der Waals surface area contributed by atoms with Gasteiger partial charge in [0.15, 0.2) is 6.61 Å². The smallest absolute Gasteiger partial charge is 0.339 e. The number of carbonyl (C=O) groups is 3. The third-order valence-electron chi connectivity index (χ3n) is 4.75. The first-order valence-electron chi connectivity index (χ1n) is 9.62. The molecule has 1 aromatic heterocycles. The van der Waals surface area contributed by atoms with E-state index in [-0.39, 0.29) is 5.91 Å². The summed E-state index contributed by atoms with van der Waals surface area (Å²) in [5.74, 6) is -1.33. The zero-order chi connectivity index (χ0) is 21.7. The van der Waals surface area contributed by atoms with Gasteiger partial charge in [0.05, 0.1) is 11.1 Å². The molecular weight excluding hydrogens is 382 g/mol. The van der Waals surface area contributed by atoms with Gasteiger partial charge in [-0.25, -0.2) is 4.79 Å². The Bertz CT molecular complexity index is 1120. The van der Waals surface area contributed by atoms with E-state index in [2.05, 4.69) is 15.6 Å². The second-order valence-corrected chi connectivity index (χ2v) is 6.71. The molecule has 0 aliphatic carbocycles. The topological polar surface area (TPSA) is 97.4 Å². The minimum atomic E-state index is -0.574. The highest BCUT2D eigenvalue weighted by Gasteiger charge is 2.19. The fraction of sp³-hybridized carbons (Fsp3) is 0.217. The van der Waals surface area contributed by atoms with E-state index in [0.717, 1.165) is 11.3 Å². The van der Waals surface area contributed by atoms with E-state index < -0.39 is 18.5 Å². The summed E-state index contributed by atoms with van der Waals surface area (Å²) < 4.78 is 5.29. The summed E-state index contributed by atoms with van der Waals surface area (Å²) in [5, 5.41) is 5.85. The van der Waals surface area contributed by atoms with Gasteiger partial charge in [-0.1, -0.05) is 31.2 Å². The number of carbonyl (C=O) groups excluding carboxylic acids is 3. The highest BCUT2D eigenvalue weighted by Crippen LogP contribution is 2.24. The number of amides is 2. The summed E-state index contributed by atoms with van der Waals surface area (Å²) in [6.07, 6.45) is 0.680. The number of pyridine rings is 1. The molecule has 154 valence electrons. The number of ether oxygens (including phenoxy) is 1. The van der Waals surface area contributed by atoms with Crippen LogP contribution in [0.25, 0.3) is 10.9 Å². The molecule has 0 saturated carbocycles. The summed E-state index contributed by atoms with van der Waals surface area (Å²) in [7, 11) is 1.53. The second kappa shape index (κ2) is 9.17. The van der Waals surface area contributed by atoms with Crippen LogP contribution in [0.5, 0.6) is 0 Å². The Balaban J connectivity index is 1.74. The minimum absolute atomic E-state index is 0.260. The number of benzene rings is 2. The van der Waals surface area contributed by atoms with Crippen LogP contribution in [0.4, 0.5) is 5.69 Å². The fourth-order valence-corrected chi connectivity index (χ4v) is 3.25. The Labute approximate surface area is 174 Å². The Hall–Kier alpha value is -3.74. The number of rotatable bonds is 6. The third-order valence-corrected chi connectivity index (χ3v) is 4.75. The fourth-order valence-electron chi connectivity index (χ4n) is 3.25. The number of aromatic nitrogens is 1. The Morgan fingerprint density at radius 3 is 2.57 bits per heavy atom. The average molecular weight is 405 g/mol. The quantitative estimate of drug-likeness (QED) is 0.614. The summed E-state index contributed by atoms with van der Waals surface area (Å²) in [4.78, 5) is 41.4. The van der Waals surface area contributed by atoms with Crippen molar-refractivity contribution in [3.8, 4) is 0 Å². The van der Waals surface area contributed by atoms with Gasteiger partial charge in [0.2, 0.25) is 0 Å². The molecule has 0 fully saturated rings. The van der Waals surface area contributed by atoms with Crippen molar-refractivity contribution in [1.82, 2.24) is 10.3 Å². The maximum Gasteiger partial charge on any atom is 0.339 e. The van der Waals surface area contributed by atoms with Gasteiger partial charge in [0.1, 0.15) is 0 Å². The van der Waals surface area contributed by atoms with Crippen molar-refractivity contribution in [3.63, 3.8) is 0 Å². The summed E-state index contributed by atoms with van der Waals surface area (Å²) in [6.45, 7) is 3.36. The van der Waals surface area contributed by atoms with Crippen molar-refractivity contribution in [2.24, 2.45) is 0 Å². The number of anilines is 1. The van der Waals surface area contributed by atoms with Gasteiger partial charge in [0, 0.05) is 29.4 Å². The molecule has 0 bridgehead atoms. The molecule has 0 saturated heterocycles. The number of fused-ring (bicyclic) bond motifs is 1. The molecule has 7 heteroatoms. The van der Waals surface area contributed by atoms with Crippen molar-refractivity contribution in [3.05, 3.63) is 70.9 Å². The molecule has 0 radical (unpaired) electrons. The minimum Gasteiger partial charge on any atom is -0.452 e. The van der Waals surface area contributed by atoms with Gasteiger partial charge in [-0.05, 0) is 43.2 Å². The van der Waals surface area contributed by atoms with Crippen LogP contribution < -0.4 is 10.6 Å². The first-order chi connectivity index (χ1) is 14.4. The molecule has 3 rings (SSSR count). The maximum absolute atomic E-state index is 12.8. The van der Waals surface area contributed by atoms with Crippen LogP contribution in [-0.4, -0.2) is 36.4 Å². The predicted octanol–water partition coefficient (Wildman–Crippen LogP) is 3.26. The van der Waals surface area contributed by atoms with Gasteiger partial charge in [-0.2, -0.15) is 0 Å². The number of hydrogen-bond donors (Lipinski definition) is 2. The van der Waals surface area contributed by atoms with Crippen molar-refractivity contribution >= 4 is 34.4 Å². The van der Waals surface area contributed by atoms with Gasteiger partial charge >= 0.3 is 5.97 Å². The van der Waals surface area contributed by atoms with E-state index in [9.17, 15) is 14.4 Å². The standard InChI is InChI=1S/C23H23N3O4/c1-4-18-14(2)21(17-10-5-6-11-19(17)26-18)23(29)30-13-20(27)25-16-9-7-8-15(12-16)22(28)24-3/h5-12H,4,13H2,1-3H3,(H,24,28)(H,25,27). The Kier molecular flexibility index (Phi) is 6.41. The van der Waals surface area contributed by atoms with Crippen LogP contribution in [-0.2, 0) is 16.0 Å². The largest absolute Gasteiger partial charge is 0.452 e. The maximum atomic E-state index is 12.8. The van der Waals surface area contributed by atoms with Crippen LogP contribution in [0.15, 0.2) is 48.5 Å². The van der Waals surface area contributed by atoms with Crippen LogP contribution in [0.2, 0.25) is 0 Å². The van der Waals surface area contributed by atoms with E-state index in [4.69, 9.17) is 4.74 Å². The molecule has 2 N–H and O–H groups in total. The van der Waals surface area contributed by atoms with Crippen LogP contribution in [0.1, 0.15) is 38.9 Å². The van der Waals surface area contributed by atoms with Crippen LogP contribution in [0, 0.1) is 6.92 Å². The van der Waals surface area contributed by atoms with Gasteiger partial charge in [-0.15, -0.1) is 0 Å². The van der Waals surface area contributed by atoms with Gasteiger partial charge in [-0.3, -0.25) is 14.6 Å². The lowest BCUT2D eigenvalue weighted by Gasteiger charge is -2.13. The molecule has 0 aliphatic rings. The molecule has 30 heavy (non-hydrogen) atoms. The SMILES string of the molecule is CCc1nc2ccccc2c(C(=O)OCC(=O)Nc2cccc(C(=O)NC)c2)c1C. The summed E-state index contributed by atoms with van der Waals surface area (Å²) in [6, 6.07) is 13.8. The van der Waals surface area contributed by atoms with E-state index in [0.29, 0.717) is 34.1 Å². The highest BCUT2D eigenvalue weighted by atomic mass is 16.5. The molecule has 2 aromatic carbocycles. The zero-order valence-electron chi connectivity index (χ0n) is 17.1. The number of aryl methyl sites for hydroxylation is 1. The van der Waals surface area contributed by atoms with E-state index in [1.165, 1.54) is 7.05 Å². The van der Waals surface area contributed by atoms with Gasteiger partial charge < -0.3 is 15.4 Å². The number of esters is 1. The number of para-hydroxylation sites is 1. The number of nitrogens with one attached hydrogen (secondary N) is 2. The van der Waals surface area contributed by atoms with Crippen molar-refractivity contribution in [2.75, 3.05) is 19.0 Å². The molecule has 0 atom stereocenters. The summed E-state index contributed by atoms with van der Waals surface area (Å²) in [5.41, 5.74) is 3.56. The van der Waals surface area contributed by atoms with Crippen molar-refractivity contribution in [1.29, 1.82) is 0 Å². The lowest BCUT2D eigenvalue weighted by Crippen LogP contribution is -2.22. The molecule has 2 amide bonds. The van der Waals surface area contributed by atoms with Crippen molar-refractivity contribution < 1.29 is 19.1 Å². The van der Waals surface area contributed by atoms with E-state index >= 15 is 0 Å². The molecule has 0 aliphatic heterocycles. The summed E-state index contributed by atoms with van der Waals surface area (Å²) >= 11 is 0. The predicted molar refractivity (Wildman–Crippen MR) is 115 cm³/mol. The number of hydrogen-bond acceptors (Lipinski definition) is 5. The normalized spacial score (nSPS) is 10.5. The van der Waals surface area contributed by atoms with Crippen molar-refractivity contribution in [2.45, 2.75) is 20.3 Å². The first-order valence-corrected chi connectivity index (χ1v) is 9.62. The monoisotopic (exact) mass is 405 g/mol.